The summed E-state index contributed by atoms with van der Waals surface area (Å²) >= 11 is 10.3. The largest absolute Gasteiger partial charge is 0.349 e. The standard InChI is InChI=1S/C37H35F2N11O10P2S2/c38-24-14-23(58-36(24)49-19-45-27-30(41-17-43-32(27)49)47-34(51)21-8-3-1-4-9-21)15-57-62(64,55-13-7-12-40)60-29-25(16-56-61(53,54)63)59-37(26(29)39)50-20-46-28-31(42-18-44-33(28)50)48-35(52)22-10-5-2-6-11-22/h1-6,8-11,17-20,23-26,29,36-37H,7,13-16H2,(H2,53,54,63)(H,41,43,47,51)(H,42,44,48,52)/t23-,24+,25+,26+,29+,36+,37+,62?/m0/s1. The van der Waals surface area contributed by atoms with Crippen molar-refractivity contribution in [1.82, 2.24) is 39.0 Å². The maximum absolute atomic E-state index is 16.9. The molecule has 8 atom stereocenters. The summed E-state index contributed by atoms with van der Waals surface area (Å²) in [4.78, 5) is 70.9. The summed E-state index contributed by atoms with van der Waals surface area (Å²) in [5.74, 6) is -0.816. The van der Waals surface area contributed by atoms with Gasteiger partial charge in [0, 0.05) is 17.5 Å². The number of halogens is 2. The third-order valence-corrected chi connectivity index (χ3v) is 12.9. The van der Waals surface area contributed by atoms with E-state index in [-0.39, 0.29) is 53.4 Å². The number of carbonyl (C=O) groups is 2. The van der Waals surface area contributed by atoms with Gasteiger partial charge in [-0.25, -0.2) is 38.7 Å². The van der Waals surface area contributed by atoms with Crippen LogP contribution in [0.1, 0.15) is 46.0 Å². The zero-order chi connectivity index (χ0) is 45.0. The smallest absolute Gasteiger partial charge is 0.327 e. The van der Waals surface area contributed by atoms with Gasteiger partial charge in [0.1, 0.15) is 31.0 Å². The predicted octanol–water partition coefficient (Wildman–Crippen LogP) is 4.81. The molecule has 2 saturated heterocycles. The van der Waals surface area contributed by atoms with Crippen molar-refractivity contribution in [3.05, 3.63) is 97.1 Å². The van der Waals surface area contributed by atoms with E-state index < -0.39 is 81.6 Å². The van der Waals surface area contributed by atoms with Crippen LogP contribution in [-0.4, -0.2) is 111 Å². The van der Waals surface area contributed by atoms with E-state index in [9.17, 15) is 24.6 Å². The number of nitrogens with zero attached hydrogens (tertiary/aromatic N) is 9. The number of nitrogens with one attached hydrogen (secondary N) is 2. The molecule has 2 fully saturated rings. The number of aromatic nitrogens is 8. The highest BCUT2D eigenvalue weighted by atomic mass is 32.5. The minimum absolute atomic E-state index is 0.0215. The van der Waals surface area contributed by atoms with Gasteiger partial charge in [-0.05, 0) is 47.9 Å². The topological polar surface area (TPSA) is 265 Å². The van der Waals surface area contributed by atoms with Crippen LogP contribution in [0.3, 0.4) is 0 Å². The Balaban J connectivity index is 0.991. The molecule has 334 valence electrons. The second kappa shape index (κ2) is 19.5. The fourth-order valence-electron chi connectivity index (χ4n) is 6.82. The van der Waals surface area contributed by atoms with Crippen molar-refractivity contribution >= 4 is 82.8 Å². The lowest BCUT2D eigenvalue weighted by Gasteiger charge is -2.28. The molecule has 0 saturated carbocycles. The summed E-state index contributed by atoms with van der Waals surface area (Å²) < 4.78 is 70.2. The highest BCUT2D eigenvalue weighted by Crippen LogP contribution is 2.55. The van der Waals surface area contributed by atoms with E-state index >= 15 is 8.78 Å². The first-order valence-electron chi connectivity index (χ1n) is 19.1. The highest BCUT2D eigenvalue weighted by molar-refractivity contribution is 8.07. The zero-order valence-corrected chi connectivity index (χ0v) is 36.2. The number of carbonyl (C=O) groups excluding carboxylic acids is 2. The summed E-state index contributed by atoms with van der Waals surface area (Å²) in [5, 5.41) is 14.6. The summed E-state index contributed by atoms with van der Waals surface area (Å²) in [6, 6.07) is 18.7. The summed E-state index contributed by atoms with van der Waals surface area (Å²) in [6.45, 7) is -9.83. The van der Waals surface area contributed by atoms with Crippen LogP contribution >= 0.6 is 13.4 Å². The molecule has 27 heteroatoms. The lowest BCUT2D eigenvalue weighted by molar-refractivity contribution is -0.0468. The minimum Gasteiger partial charge on any atom is -0.349 e. The number of rotatable bonds is 17. The number of anilines is 2. The Hall–Kier alpha value is -5.19. The van der Waals surface area contributed by atoms with E-state index in [0.29, 0.717) is 11.1 Å². The second-order valence-electron chi connectivity index (χ2n) is 14.0. The molecule has 0 spiro atoms. The van der Waals surface area contributed by atoms with E-state index in [1.807, 2.05) is 6.07 Å². The second-order valence-corrected chi connectivity index (χ2v) is 19.6. The molecule has 4 aromatic heterocycles. The van der Waals surface area contributed by atoms with Crippen LogP contribution in [0.5, 0.6) is 0 Å². The van der Waals surface area contributed by atoms with Gasteiger partial charge in [0.05, 0.1) is 51.1 Å². The van der Waals surface area contributed by atoms with Crippen molar-refractivity contribution in [2.75, 3.05) is 30.5 Å². The van der Waals surface area contributed by atoms with Gasteiger partial charge in [-0.3, -0.25) is 23.2 Å². The van der Waals surface area contributed by atoms with Crippen molar-refractivity contribution in [2.45, 2.75) is 56.0 Å². The normalized spacial score (nSPS) is 23.2. The Morgan fingerprint density at radius 3 is 1.91 bits per heavy atom. The van der Waals surface area contributed by atoms with E-state index in [1.165, 1.54) is 28.1 Å². The summed E-state index contributed by atoms with van der Waals surface area (Å²) in [7, 11) is 0. The van der Waals surface area contributed by atoms with Crippen molar-refractivity contribution in [3.8, 4) is 6.07 Å². The van der Waals surface area contributed by atoms with Crippen LogP contribution in [0, 0.1) is 11.3 Å². The van der Waals surface area contributed by atoms with Crippen LogP contribution in [-0.2, 0) is 51.2 Å². The third-order valence-electron chi connectivity index (χ3n) is 9.74. The molecule has 0 radical (unpaired) electrons. The van der Waals surface area contributed by atoms with Gasteiger partial charge in [-0.1, -0.05) is 36.4 Å². The van der Waals surface area contributed by atoms with Gasteiger partial charge >= 0.3 is 13.4 Å². The quantitative estimate of drug-likeness (QED) is 0.0705. The molecular weight excluding hydrogens is 923 g/mol. The number of alkyl halides is 2. The Morgan fingerprint density at radius 2 is 1.36 bits per heavy atom. The molecule has 64 heavy (non-hydrogen) atoms. The van der Waals surface area contributed by atoms with Crippen molar-refractivity contribution < 1.29 is 55.7 Å². The number of fused-ring (bicyclic) bond motifs is 2. The number of hydrogen-bond acceptors (Lipinski definition) is 17. The fourth-order valence-corrected chi connectivity index (χ4v) is 9.46. The molecule has 2 amide bonds. The van der Waals surface area contributed by atoms with E-state index in [4.69, 9.17) is 39.4 Å². The van der Waals surface area contributed by atoms with Crippen LogP contribution < -0.4 is 10.6 Å². The van der Waals surface area contributed by atoms with Crippen molar-refractivity contribution in [2.24, 2.45) is 0 Å². The number of benzene rings is 2. The molecule has 2 aromatic carbocycles. The monoisotopic (exact) mass is 957 g/mol. The number of amides is 2. The van der Waals surface area contributed by atoms with Crippen LogP contribution in [0.2, 0.25) is 0 Å². The number of nitriles is 1. The molecule has 8 rings (SSSR count). The van der Waals surface area contributed by atoms with Crippen LogP contribution in [0.4, 0.5) is 20.4 Å². The van der Waals surface area contributed by atoms with E-state index in [1.54, 1.807) is 60.7 Å². The molecule has 2 aliphatic rings. The van der Waals surface area contributed by atoms with Gasteiger partial charge in [0.2, 0.25) is 0 Å². The van der Waals surface area contributed by atoms with Gasteiger partial charge < -0.3 is 43.5 Å². The highest BCUT2D eigenvalue weighted by Gasteiger charge is 2.51. The molecule has 2 aliphatic heterocycles. The molecule has 4 N–H and O–H groups in total. The van der Waals surface area contributed by atoms with Gasteiger partial charge in [-0.2, -0.15) is 5.26 Å². The van der Waals surface area contributed by atoms with E-state index in [0.717, 1.165) is 6.33 Å². The summed E-state index contributed by atoms with van der Waals surface area (Å²) in [5.41, 5.74) is 1.19. The summed E-state index contributed by atoms with van der Waals surface area (Å²) in [6.07, 6.45) is -6.26. The van der Waals surface area contributed by atoms with Gasteiger partial charge in [0.25, 0.3) is 11.8 Å². The molecule has 0 bridgehead atoms. The molecular formula is C37H35F2N11O10P2S2. The lowest BCUT2D eigenvalue weighted by Crippen LogP contribution is -2.34. The molecule has 6 aromatic rings. The number of imidazole rings is 2. The maximum atomic E-state index is 16.9. The Labute approximate surface area is 371 Å². The molecule has 0 aliphatic carbocycles. The Kier molecular flexibility index (Phi) is 13.8. The number of ether oxygens (including phenoxy) is 2. The van der Waals surface area contributed by atoms with Crippen molar-refractivity contribution in [1.29, 1.82) is 5.26 Å². The Bertz CT molecular complexity index is 2790. The SMILES string of the molecule is N#CCCOP(=S)(OC[C@@H]1C[C@@H](F)[C@H](n2cnc3c(NC(=O)c4ccccc4)ncnc32)O1)O[C@H]1[C@@H](F)[C@H](n2cnc3c(NC(=O)c4ccccc4)ncnc32)O[C@@H]1COP(O)(O)=S. The van der Waals surface area contributed by atoms with E-state index in [2.05, 4.69) is 52.3 Å². The zero-order valence-electron chi connectivity index (χ0n) is 32.8. The predicted molar refractivity (Wildman–Crippen MR) is 228 cm³/mol. The first-order chi connectivity index (χ1) is 30.8. The fraction of sp³-hybridized carbons (Fsp3) is 0.324. The number of hydrogen-bond donors (Lipinski definition) is 4. The first kappa shape index (κ1) is 45.4. The minimum atomic E-state index is -4.30. The van der Waals surface area contributed by atoms with Crippen LogP contribution in [0.15, 0.2) is 86.0 Å². The maximum Gasteiger partial charge on any atom is 0.327 e. The molecule has 6 heterocycles. The Morgan fingerprint density at radius 1 is 0.797 bits per heavy atom. The molecule has 21 nitrogen and oxygen atoms in total. The molecule has 1 unspecified atom stereocenters. The van der Waals surface area contributed by atoms with Gasteiger partial charge in [-0.15, -0.1) is 0 Å². The van der Waals surface area contributed by atoms with Gasteiger partial charge in [0.15, 0.2) is 52.6 Å². The third kappa shape index (κ3) is 10.2. The average Bonchev–Trinajstić information content (AvgIpc) is 4.08. The van der Waals surface area contributed by atoms with Crippen molar-refractivity contribution in [3.63, 3.8) is 0 Å². The first-order valence-corrected chi connectivity index (χ1v) is 24.3. The average molecular weight is 958 g/mol. The lowest BCUT2D eigenvalue weighted by atomic mass is 10.1. The van der Waals surface area contributed by atoms with Crippen LogP contribution in [0.25, 0.3) is 22.3 Å².